The minimum Gasteiger partial charge on any atom is -0.394 e. The van der Waals surface area contributed by atoms with Crippen LogP contribution in [0, 0.1) is 5.41 Å². The smallest absolute Gasteiger partial charge is 0.394 e. The number of halogens is 27. The lowest BCUT2D eigenvalue weighted by Crippen LogP contribution is -2.71. The third-order valence-electron chi connectivity index (χ3n) is 8.64. The van der Waals surface area contributed by atoms with Crippen LogP contribution >= 0.6 is 0 Å². The topological polar surface area (TPSA) is 174 Å². The van der Waals surface area contributed by atoms with E-state index >= 15 is 0 Å². The van der Waals surface area contributed by atoms with Gasteiger partial charge in [0.15, 0.2) is 0 Å². The lowest BCUT2D eigenvalue weighted by molar-refractivity contribution is -0.474. The van der Waals surface area contributed by atoms with E-state index in [1.807, 2.05) is 10.6 Å². The van der Waals surface area contributed by atoms with Crippen LogP contribution in [0.4, 0.5) is 119 Å². The van der Waals surface area contributed by atoms with Crippen molar-refractivity contribution in [3.63, 3.8) is 0 Å². The van der Waals surface area contributed by atoms with E-state index in [1.165, 1.54) is 0 Å². The third-order valence-corrected chi connectivity index (χ3v) is 8.64. The average molecular weight is 1140 g/mol. The Hall–Kier alpha value is -3.80. The summed E-state index contributed by atoms with van der Waals surface area (Å²) in [6.45, 7) is -25.6. The predicted molar refractivity (Wildman–Crippen MR) is 172 cm³/mol. The van der Waals surface area contributed by atoms with Crippen LogP contribution in [0.5, 0.6) is 0 Å². The van der Waals surface area contributed by atoms with Crippen LogP contribution in [0.15, 0.2) is 0 Å². The summed E-state index contributed by atoms with van der Waals surface area (Å²) in [5.41, 5.74) is -29.8. The molecular formula is C31H34F27N3O11. The van der Waals surface area contributed by atoms with E-state index in [1.54, 1.807) is 0 Å². The first kappa shape index (κ1) is 68.2. The van der Waals surface area contributed by atoms with Crippen molar-refractivity contribution in [2.45, 2.75) is 72.4 Å². The highest BCUT2D eigenvalue weighted by molar-refractivity contribution is 5.89. The van der Waals surface area contributed by atoms with E-state index in [2.05, 4.69) is 18.9 Å². The molecule has 0 aromatic rings. The average Bonchev–Trinajstić information content (AvgIpc) is 3.13. The normalized spacial score (nSPS) is 14.7. The first-order valence-electron chi connectivity index (χ1n) is 18.3. The SMILES string of the molecule is O=C(CN(CC(=O)NCCOCCO)C(=O)COCC(COC(C(F)(F)F)(C(F)(F)F)C(F)(F)F)(COC(C(F)(F)F)(C(F)(F)F)C(F)(F)F)COC(C(F)(F)F)(C(F)(F)F)C(F)(F)F)NCCOCCO. The van der Waals surface area contributed by atoms with Crippen molar-refractivity contribution in [1.82, 2.24) is 15.5 Å². The molecule has 0 aromatic carbocycles. The van der Waals surface area contributed by atoms with Crippen molar-refractivity contribution >= 4 is 17.7 Å². The Kier molecular flexibility index (Phi) is 23.4. The largest absolute Gasteiger partial charge is 0.435 e. The fourth-order valence-electron chi connectivity index (χ4n) is 5.21. The standard InChI is InChI=1S/C31H34F27N3O11/c32-23(33,34)20(24(35,36)37,25(38,39)40)70-13-19(14-71-21(26(41,42)43,27(44,45)46)28(47,48)49,15-72-22(29(50,51)52,30(53,54)55)31(56,57)58)12-69-11-18(66)61(9-16(64)59-1-5-67-7-3-62)10-17(65)60-2-6-68-8-4-63/h62-63H,1-15H2,(H,59,64)(H,60,65). The second-order valence-corrected chi connectivity index (χ2v) is 14.0. The number of alkyl halides is 27. The first-order valence-corrected chi connectivity index (χ1v) is 18.3. The van der Waals surface area contributed by atoms with Crippen molar-refractivity contribution in [2.75, 3.05) is 98.9 Å². The number of hydrogen-bond acceptors (Lipinski definition) is 11. The number of carbonyl (C=O) groups is 3. The van der Waals surface area contributed by atoms with E-state index in [9.17, 15) is 133 Å². The minimum atomic E-state index is -8.20. The molecule has 0 spiro atoms. The Morgan fingerprint density at radius 1 is 0.375 bits per heavy atom. The van der Waals surface area contributed by atoms with Crippen LogP contribution in [0.25, 0.3) is 0 Å². The number of ether oxygens (including phenoxy) is 6. The zero-order valence-electron chi connectivity index (χ0n) is 34.8. The number of amides is 3. The molecule has 0 saturated carbocycles. The molecule has 0 bridgehead atoms. The van der Waals surface area contributed by atoms with Gasteiger partial charge in [0.1, 0.15) is 19.7 Å². The number of aliphatic hydroxyl groups excluding tert-OH is 2. The van der Waals surface area contributed by atoms with Crippen molar-refractivity contribution < 1.29 is 172 Å². The Labute approximate surface area is 382 Å². The summed E-state index contributed by atoms with van der Waals surface area (Å²) in [4.78, 5) is 38.0. The molecule has 0 fully saturated rings. The van der Waals surface area contributed by atoms with Gasteiger partial charge in [0.2, 0.25) is 17.7 Å². The molecule has 0 atom stereocenters. The zero-order chi connectivity index (χ0) is 57.1. The number of aliphatic hydroxyl groups is 2. The Morgan fingerprint density at radius 3 is 0.847 bits per heavy atom. The molecule has 4 N–H and O–H groups in total. The maximum absolute atomic E-state index is 13.8. The van der Waals surface area contributed by atoms with Crippen LogP contribution < -0.4 is 10.6 Å². The molecule has 0 heterocycles. The van der Waals surface area contributed by atoms with Gasteiger partial charge in [0.25, 0.3) is 0 Å². The van der Waals surface area contributed by atoms with Crippen LogP contribution in [-0.2, 0) is 42.8 Å². The fraction of sp³-hybridized carbons (Fsp3) is 0.903. The molecule has 14 nitrogen and oxygen atoms in total. The van der Waals surface area contributed by atoms with Crippen molar-refractivity contribution in [2.24, 2.45) is 5.41 Å². The number of rotatable bonds is 27. The van der Waals surface area contributed by atoms with Gasteiger partial charge in [-0.1, -0.05) is 0 Å². The van der Waals surface area contributed by atoms with Gasteiger partial charge in [-0.05, 0) is 0 Å². The van der Waals surface area contributed by atoms with Crippen molar-refractivity contribution in [1.29, 1.82) is 0 Å². The molecule has 72 heavy (non-hydrogen) atoms. The molecule has 0 saturated heterocycles. The lowest BCUT2D eigenvalue weighted by Gasteiger charge is -2.45. The molecule has 0 aliphatic carbocycles. The molecule has 41 heteroatoms. The summed E-state index contributed by atoms with van der Waals surface area (Å²) in [5, 5.41) is 21.2. The molecule has 0 rings (SSSR count). The van der Waals surface area contributed by atoms with E-state index in [0.717, 1.165) is 0 Å². The first-order chi connectivity index (χ1) is 32.1. The van der Waals surface area contributed by atoms with Gasteiger partial charge in [-0.3, -0.25) is 14.4 Å². The van der Waals surface area contributed by atoms with Gasteiger partial charge in [0.05, 0.1) is 71.5 Å². The summed E-state index contributed by atoms with van der Waals surface area (Å²) in [6.07, 6.45) is -73.8. The highest BCUT2D eigenvalue weighted by atomic mass is 19.5. The highest BCUT2D eigenvalue weighted by Crippen LogP contribution is 2.59. The van der Waals surface area contributed by atoms with Gasteiger partial charge in [-0.25, -0.2) is 0 Å². The molecular weight excluding hydrogens is 1100 g/mol. The molecule has 0 aromatic heterocycles. The molecule has 3 amide bonds. The lowest BCUT2D eigenvalue weighted by atomic mass is 9.89. The van der Waals surface area contributed by atoms with Gasteiger partial charge in [0, 0.05) is 13.1 Å². The maximum atomic E-state index is 13.8. The van der Waals surface area contributed by atoms with Crippen LogP contribution in [0.3, 0.4) is 0 Å². The Balaban J connectivity index is 8.36. The van der Waals surface area contributed by atoms with Gasteiger partial charge in [-0.2, -0.15) is 119 Å². The van der Waals surface area contributed by atoms with Gasteiger partial charge in [-0.15, -0.1) is 0 Å². The van der Waals surface area contributed by atoms with Gasteiger partial charge < -0.3 is 54.2 Å². The van der Waals surface area contributed by atoms with Crippen LogP contribution in [0.2, 0.25) is 0 Å². The maximum Gasteiger partial charge on any atom is 0.435 e. The van der Waals surface area contributed by atoms with E-state index in [4.69, 9.17) is 19.7 Å². The second-order valence-electron chi connectivity index (χ2n) is 14.0. The zero-order valence-corrected chi connectivity index (χ0v) is 34.8. The summed E-state index contributed by atoms with van der Waals surface area (Å²) in [7, 11) is 0. The molecule has 0 aliphatic rings. The van der Waals surface area contributed by atoms with Crippen molar-refractivity contribution in [3.8, 4) is 0 Å². The number of hydrogen-bond donors (Lipinski definition) is 4. The quantitative estimate of drug-likeness (QED) is 0.0614. The molecule has 0 aliphatic heterocycles. The summed E-state index contributed by atoms with van der Waals surface area (Å²) >= 11 is 0. The predicted octanol–water partition coefficient (Wildman–Crippen LogP) is 5.40. The van der Waals surface area contributed by atoms with Crippen molar-refractivity contribution in [3.05, 3.63) is 0 Å². The van der Waals surface area contributed by atoms with E-state index < -0.39 is 181 Å². The summed E-state index contributed by atoms with van der Waals surface area (Å²) in [6, 6.07) is 0. The fourth-order valence-corrected chi connectivity index (χ4v) is 5.21. The summed E-state index contributed by atoms with van der Waals surface area (Å²) < 4.78 is 396. The molecule has 0 radical (unpaired) electrons. The number of nitrogens with one attached hydrogen (secondary N) is 2. The minimum absolute atomic E-state index is 0.162. The Morgan fingerprint density at radius 2 is 0.625 bits per heavy atom. The summed E-state index contributed by atoms with van der Waals surface area (Å²) in [5.74, 6) is -5.09. The van der Waals surface area contributed by atoms with E-state index in [-0.39, 0.29) is 18.1 Å². The van der Waals surface area contributed by atoms with Crippen LogP contribution in [0.1, 0.15) is 0 Å². The van der Waals surface area contributed by atoms with Crippen LogP contribution in [-0.4, -0.2) is 204 Å². The van der Waals surface area contributed by atoms with Gasteiger partial charge >= 0.3 is 72.4 Å². The Bertz CT molecular complexity index is 1440. The third kappa shape index (κ3) is 16.3. The highest BCUT2D eigenvalue weighted by Gasteiger charge is 2.88. The monoisotopic (exact) mass is 1140 g/mol. The van der Waals surface area contributed by atoms with E-state index in [0.29, 0.717) is 0 Å². The second kappa shape index (κ2) is 24.7. The molecule has 0 unspecified atom stereocenters. The number of carbonyl (C=O) groups excluding carboxylic acids is 3. The number of nitrogens with zero attached hydrogens (tertiary/aromatic N) is 1. The molecule has 428 valence electrons.